The van der Waals surface area contributed by atoms with Gasteiger partial charge in [0.15, 0.2) is 5.12 Å². The third-order valence-corrected chi connectivity index (χ3v) is 5.38. The predicted octanol–water partition coefficient (Wildman–Crippen LogP) is 3.98. The lowest BCUT2D eigenvalue weighted by atomic mass is 9.87. The Morgan fingerprint density at radius 2 is 1.78 bits per heavy atom. The van der Waals surface area contributed by atoms with Crippen LogP contribution in [0.4, 0.5) is 4.79 Å². The van der Waals surface area contributed by atoms with Crippen LogP contribution >= 0.6 is 11.8 Å². The Labute approximate surface area is 168 Å². The summed E-state index contributed by atoms with van der Waals surface area (Å²) in [6, 6.07) is -0.984. The second-order valence-corrected chi connectivity index (χ2v) is 9.60. The van der Waals surface area contributed by atoms with Crippen molar-refractivity contribution in [2.24, 2.45) is 5.92 Å². The molecular formula is C20H36N2O4S. The molecule has 0 unspecified atom stereocenters. The van der Waals surface area contributed by atoms with Crippen molar-refractivity contribution in [1.29, 1.82) is 0 Å². The Balaban J connectivity index is 2.58. The topological polar surface area (TPSA) is 75.7 Å². The van der Waals surface area contributed by atoms with Gasteiger partial charge in [0.05, 0.1) is 0 Å². The smallest absolute Gasteiger partial charge is 0.328 e. The molecule has 1 aliphatic carbocycles. The minimum absolute atomic E-state index is 0.0461. The number of nitrogens with zero attached hydrogens (tertiary/aromatic N) is 1. The molecule has 1 N–H and O–H groups in total. The van der Waals surface area contributed by atoms with Gasteiger partial charge in [-0.15, -0.1) is 0 Å². The van der Waals surface area contributed by atoms with Gasteiger partial charge in [-0.1, -0.05) is 43.9 Å². The first-order chi connectivity index (χ1) is 12.6. The molecule has 2 amide bonds. The van der Waals surface area contributed by atoms with E-state index in [4.69, 9.17) is 4.74 Å². The average molecular weight is 401 g/mol. The van der Waals surface area contributed by atoms with Gasteiger partial charge in [-0.25, -0.2) is 9.59 Å². The maximum atomic E-state index is 12.7. The van der Waals surface area contributed by atoms with E-state index < -0.39 is 17.6 Å². The summed E-state index contributed by atoms with van der Waals surface area (Å²) in [6.45, 7) is 9.70. The van der Waals surface area contributed by atoms with Crippen LogP contribution < -0.4 is 5.32 Å². The van der Waals surface area contributed by atoms with Gasteiger partial charge >= 0.3 is 12.0 Å². The van der Waals surface area contributed by atoms with Gasteiger partial charge in [-0.2, -0.15) is 0 Å². The average Bonchev–Trinajstić information content (AvgIpc) is 2.56. The summed E-state index contributed by atoms with van der Waals surface area (Å²) >= 11 is 1.22. The zero-order chi connectivity index (χ0) is 20.4. The van der Waals surface area contributed by atoms with Crippen molar-refractivity contribution in [3.8, 4) is 0 Å². The van der Waals surface area contributed by atoms with Crippen LogP contribution in [0.1, 0.15) is 73.1 Å². The highest BCUT2D eigenvalue weighted by atomic mass is 32.2. The predicted molar refractivity (Wildman–Crippen MR) is 110 cm³/mol. The van der Waals surface area contributed by atoms with Crippen LogP contribution in [0.3, 0.4) is 0 Å². The lowest BCUT2D eigenvalue weighted by Gasteiger charge is -2.29. The Bertz CT molecular complexity index is 499. The number of hydrogen-bond donors (Lipinski definition) is 1. The molecule has 0 aromatic rings. The summed E-state index contributed by atoms with van der Waals surface area (Å²) in [4.78, 5) is 37.7. The number of esters is 1. The second-order valence-electron chi connectivity index (χ2n) is 8.32. The van der Waals surface area contributed by atoms with Gasteiger partial charge in [0.2, 0.25) is 0 Å². The molecule has 27 heavy (non-hydrogen) atoms. The molecule has 1 atom stereocenters. The van der Waals surface area contributed by atoms with E-state index in [1.807, 2.05) is 0 Å². The molecule has 7 heteroatoms. The first-order valence-electron chi connectivity index (χ1n) is 10.00. The SMILES string of the molecule is CC(=O)SCCN(CCC1CCCCC1)C(=O)N[C@H](C)C(=O)OC(C)(C)C. The van der Waals surface area contributed by atoms with E-state index in [1.54, 1.807) is 32.6 Å². The van der Waals surface area contributed by atoms with E-state index in [-0.39, 0.29) is 11.1 Å². The van der Waals surface area contributed by atoms with Crippen molar-refractivity contribution in [2.75, 3.05) is 18.8 Å². The molecule has 0 aromatic carbocycles. The number of amides is 2. The summed E-state index contributed by atoms with van der Waals surface area (Å²) in [6.07, 6.45) is 7.28. The van der Waals surface area contributed by atoms with Crippen LogP contribution in [0.25, 0.3) is 0 Å². The fraction of sp³-hybridized carbons (Fsp3) is 0.850. The lowest BCUT2D eigenvalue weighted by Crippen LogP contribution is -2.49. The van der Waals surface area contributed by atoms with Crippen LogP contribution in [0.2, 0.25) is 0 Å². The van der Waals surface area contributed by atoms with E-state index in [1.165, 1.54) is 50.8 Å². The van der Waals surface area contributed by atoms with Crippen LogP contribution in [-0.2, 0) is 14.3 Å². The van der Waals surface area contributed by atoms with Gasteiger partial charge < -0.3 is 15.0 Å². The molecule has 0 radical (unpaired) electrons. The van der Waals surface area contributed by atoms with E-state index in [0.29, 0.717) is 24.8 Å². The molecule has 1 saturated carbocycles. The fourth-order valence-corrected chi connectivity index (χ4v) is 3.75. The summed E-state index contributed by atoms with van der Waals surface area (Å²) < 4.78 is 5.33. The van der Waals surface area contributed by atoms with Crippen molar-refractivity contribution in [1.82, 2.24) is 10.2 Å². The van der Waals surface area contributed by atoms with Crippen molar-refractivity contribution in [3.05, 3.63) is 0 Å². The molecule has 0 aliphatic heterocycles. The monoisotopic (exact) mass is 400 g/mol. The van der Waals surface area contributed by atoms with Crippen LogP contribution in [0.5, 0.6) is 0 Å². The number of carbonyl (C=O) groups excluding carboxylic acids is 3. The van der Waals surface area contributed by atoms with Crippen LogP contribution in [0.15, 0.2) is 0 Å². The largest absolute Gasteiger partial charge is 0.458 e. The quantitative estimate of drug-likeness (QED) is 0.624. The van der Waals surface area contributed by atoms with Crippen molar-refractivity contribution < 1.29 is 19.1 Å². The first kappa shape index (κ1) is 23.8. The summed E-state index contributed by atoms with van der Waals surface area (Å²) in [5.74, 6) is 0.785. The maximum Gasteiger partial charge on any atom is 0.328 e. The molecule has 1 fully saturated rings. The van der Waals surface area contributed by atoms with Crippen molar-refractivity contribution in [3.63, 3.8) is 0 Å². The van der Waals surface area contributed by atoms with Crippen LogP contribution in [-0.4, -0.2) is 52.5 Å². The standard InChI is InChI=1S/C20H36N2O4S/c1-15(18(24)26-20(3,4)5)21-19(25)22(13-14-27-16(2)23)12-11-17-9-7-6-8-10-17/h15,17H,6-14H2,1-5H3,(H,21,25)/t15-/m1/s1. The van der Waals surface area contributed by atoms with Gasteiger partial charge in [0.25, 0.3) is 0 Å². The number of ether oxygens (including phenoxy) is 1. The Morgan fingerprint density at radius 3 is 2.33 bits per heavy atom. The van der Waals surface area contributed by atoms with E-state index in [9.17, 15) is 14.4 Å². The van der Waals surface area contributed by atoms with Crippen LogP contribution in [0, 0.1) is 5.92 Å². The number of nitrogens with one attached hydrogen (secondary N) is 1. The molecule has 0 saturated heterocycles. The Morgan fingerprint density at radius 1 is 1.15 bits per heavy atom. The van der Waals surface area contributed by atoms with E-state index in [2.05, 4.69) is 5.32 Å². The third kappa shape index (κ3) is 10.6. The normalized spacial score (nSPS) is 16.5. The summed E-state index contributed by atoms with van der Waals surface area (Å²) in [7, 11) is 0. The number of hydrogen-bond acceptors (Lipinski definition) is 5. The number of rotatable bonds is 8. The Hall–Kier alpha value is -1.24. The number of carbonyl (C=O) groups is 3. The number of thioether (sulfide) groups is 1. The second kappa shape index (κ2) is 11.6. The van der Waals surface area contributed by atoms with E-state index >= 15 is 0 Å². The van der Waals surface area contributed by atoms with Gasteiger partial charge in [0.1, 0.15) is 11.6 Å². The molecule has 6 nitrogen and oxygen atoms in total. The van der Waals surface area contributed by atoms with Gasteiger partial charge in [-0.05, 0) is 40.0 Å². The number of urea groups is 1. The molecule has 1 rings (SSSR count). The zero-order valence-electron chi connectivity index (χ0n) is 17.5. The Kier molecular flexibility index (Phi) is 10.2. The zero-order valence-corrected chi connectivity index (χ0v) is 18.3. The highest BCUT2D eigenvalue weighted by Gasteiger charge is 2.25. The molecular weight excluding hydrogens is 364 g/mol. The maximum absolute atomic E-state index is 12.7. The molecule has 0 aromatic heterocycles. The first-order valence-corrected chi connectivity index (χ1v) is 11.0. The van der Waals surface area contributed by atoms with Crippen molar-refractivity contribution >= 4 is 28.9 Å². The molecule has 0 spiro atoms. The summed E-state index contributed by atoms with van der Waals surface area (Å²) in [5.41, 5.74) is -0.588. The molecule has 0 heterocycles. The third-order valence-electron chi connectivity index (χ3n) is 4.59. The highest BCUT2D eigenvalue weighted by Crippen LogP contribution is 2.26. The van der Waals surface area contributed by atoms with Gasteiger partial charge in [-0.3, -0.25) is 4.79 Å². The lowest BCUT2D eigenvalue weighted by molar-refractivity contribution is -0.156. The summed E-state index contributed by atoms with van der Waals surface area (Å²) in [5, 5.41) is 2.79. The minimum Gasteiger partial charge on any atom is -0.458 e. The minimum atomic E-state index is -0.714. The fourth-order valence-electron chi connectivity index (χ4n) is 3.15. The molecule has 1 aliphatic rings. The molecule has 0 bridgehead atoms. The van der Waals surface area contributed by atoms with E-state index in [0.717, 1.165) is 6.42 Å². The van der Waals surface area contributed by atoms with Gasteiger partial charge in [0, 0.05) is 25.8 Å². The highest BCUT2D eigenvalue weighted by molar-refractivity contribution is 8.13. The van der Waals surface area contributed by atoms with Crippen molar-refractivity contribution in [2.45, 2.75) is 84.8 Å². The molecule has 156 valence electrons.